The van der Waals surface area contributed by atoms with E-state index in [9.17, 15) is 18.0 Å². The van der Waals surface area contributed by atoms with Crippen molar-refractivity contribution in [3.05, 3.63) is 82.0 Å². The Morgan fingerprint density at radius 3 is 2.67 bits per heavy atom. The molecular formula is C24H18BrF3N6O2. The first kappa shape index (κ1) is 23.8. The molecule has 0 bridgehead atoms. The molecule has 184 valence electrons. The van der Waals surface area contributed by atoms with Crippen LogP contribution < -0.4 is 5.32 Å². The highest BCUT2D eigenvalue weighted by molar-refractivity contribution is 9.10. The third-order valence-electron chi connectivity index (χ3n) is 5.44. The summed E-state index contributed by atoms with van der Waals surface area (Å²) in [6.45, 7) is 1.68. The van der Waals surface area contributed by atoms with Gasteiger partial charge in [-0.2, -0.15) is 10.2 Å². The third-order valence-corrected chi connectivity index (χ3v) is 6.02. The number of carbonyl (C=O) groups excluding carboxylic acids is 1. The Hall–Kier alpha value is -3.93. The first-order chi connectivity index (χ1) is 17.3. The maximum Gasteiger partial charge on any atom is 0.264 e. The number of furan rings is 1. The Labute approximate surface area is 210 Å². The van der Waals surface area contributed by atoms with Crippen LogP contribution >= 0.6 is 15.9 Å². The van der Waals surface area contributed by atoms with Crippen molar-refractivity contribution >= 4 is 38.7 Å². The summed E-state index contributed by atoms with van der Waals surface area (Å²) in [6.07, 6.45) is 0.334. The molecule has 5 aromatic rings. The Morgan fingerprint density at radius 1 is 1.19 bits per heavy atom. The number of hydrogen-bond acceptors (Lipinski definition) is 5. The molecule has 4 heterocycles. The van der Waals surface area contributed by atoms with Crippen molar-refractivity contribution in [2.45, 2.75) is 26.4 Å². The van der Waals surface area contributed by atoms with E-state index in [0.29, 0.717) is 22.5 Å². The Kier molecular flexibility index (Phi) is 6.35. The smallest absolute Gasteiger partial charge is 0.264 e. The molecular weight excluding hydrogens is 541 g/mol. The summed E-state index contributed by atoms with van der Waals surface area (Å²) < 4.78 is 49.6. The van der Waals surface area contributed by atoms with Crippen molar-refractivity contribution in [2.75, 3.05) is 5.32 Å². The maximum atomic E-state index is 13.9. The van der Waals surface area contributed by atoms with E-state index >= 15 is 0 Å². The van der Waals surface area contributed by atoms with Gasteiger partial charge in [-0.25, -0.2) is 22.8 Å². The van der Waals surface area contributed by atoms with Crippen LogP contribution in [-0.2, 0) is 17.9 Å². The molecule has 0 spiro atoms. The average Bonchev–Trinajstić information content (AvgIpc) is 3.56. The number of nitrogens with zero attached hydrogens (tertiary/aromatic N) is 5. The molecule has 0 atom stereocenters. The first-order valence-electron chi connectivity index (χ1n) is 10.8. The zero-order chi connectivity index (χ0) is 25.4. The molecule has 0 aliphatic heterocycles. The number of aromatic nitrogens is 5. The summed E-state index contributed by atoms with van der Waals surface area (Å²) >= 11 is 3.37. The van der Waals surface area contributed by atoms with Gasteiger partial charge in [0.1, 0.15) is 18.1 Å². The van der Waals surface area contributed by atoms with Gasteiger partial charge in [0.2, 0.25) is 5.91 Å². The number of pyridine rings is 1. The Balaban J connectivity index is 1.40. The van der Waals surface area contributed by atoms with Crippen molar-refractivity contribution < 1.29 is 22.4 Å². The first-order valence-corrected chi connectivity index (χ1v) is 11.5. The molecule has 36 heavy (non-hydrogen) atoms. The molecule has 0 radical (unpaired) electrons. The normalized spacial score (nSPS) is 11.5. The predicted octanol–water partition coefficient (Wildman–Crippen LogP) is 5.72. The van der Waals surface area contributed by atoms with Crippen LogP contribution in [-0.4, -0.2) is 30.5 Å². The molecule has 0 saturated heterocycles. The van der Waals surface area contributed by atoms with Crippen LogP contribution in [0.3, 0.4) is 0 Å². The molecule has 0 unspecified atom stereocenters. The zero-order valence-corrected chi connectivity index (χ0v) is 20.3. The lowest BCUT2D eigenvalue weighted by atomic mass is 10.1. The predicted molar refractivity (Wildman–Crippen MR) is 129 cm³/mol. The molecule has 12 heteroatoms. The van der Waals surface area contributed by atoms with Crippen molar-refractivity contribution in [3.8, 4) is 11.5 Å². The summed E-state index contributed by atoms with van der Waals surface area (Å²) in [7, 11) is 0. The molecule has 1 amide bonds. The fraction of sp³-hybridized carbons (Fsp3) is 0.167. The number of alkyl halides is 2. The summed E-state index contributed by atoms with van der Waals surface area (Å²) in [4.78, 5) is 17.3. The van der Waals surface area contributed by atoms with Crippen LogP contribution in [0.4, 0.5) is 19.0 Å². The lowest BCUT2D eigenvalue weighted by Gasteiger charge is -2.08. The molecule has 1 aromatic carbocycles. The van der Waals surface area contributed by atoms with Crippen LogP contribution in [0, 0.1) is 12.7 Å². The Morgan fingerprint density at radius 2 is 1.97 bits per heavy atom. The molecule has 0 saturated carbocycles. The zero-order valence-electron chi connectivity index (χ0n) is 18.8. The van der Waals surface area contributed by atoms with Gasteiger partial charge >= 0.3 is 0 Å². The van der Waals surface area contributed by atoms with Gasteiger partial charge in [0.05, 0.1) is 28.4 Å². The lowest BCUT2D eigenvalue weighted by molar-refractivity contribution is -0.116. The van der Waals surface area contributed by atoms with E-state index < -0.39 is 12.3 Å². The number of halogens is 4. The molecule has 8 nitrogen and oxygen atoms in total. The van der Waals surface area contributed by atoms with Gasteiger partial charge in [0.25, 0.3) is 6.43 Å². The van der Waals surface area contributed by atoms with Crippen LogP contribution in [0.15, 0.2) is 63.8 Å². The molecule has 0 aliphatic rings. The number of rotatable bonds is 7. The lowest BCUT2D eigenvalue weighted by Crippen LogP contribution is -2.20. The minimum Gasteiger partial charge on any atom is -0.463 e. The summed E-state index contributed by atoms with van der Waals surface area (Å²) in [5.41, 5.74) is 1.28. The summed E-state index contributed by atoms with van der Waals surface area (Å²) in [6, 6.07) is 10.5. The number of carbonyl (C=O) groups is 1. The number of aryl methyl sites for hydroxylation is 1. The highest BCUT2D eigenvalue weighted by Gasteiger charge is 2.23. The summed E-state index contributed by atoms with van der Waals surface area (Å²) in [5.74, 6) is -0.214. The second kappa shape index (κ2) is 9.61. The molecule has 1 N–H and O–H groups in total. The fourth-order valence-corrected chi connectivity index (χ4v) is 4.28. The van der Waals surface area contributed by atoms with Gasteiger partial charge in [0, 0.05) is 11.8 Å². The van der Waals surface area contributed by atoms with E-state index in [1.807, 2.05) is 0 Å². The van der Waals surface area contributed by atoms with Crippen LogP contribution in [0.5, 0.6) is 0 Å². The highest BCUT2D eigenvalue weighted by Crippen LogP contribution is 2.33. The van der Waals surface area contributed by atoms with E-state index in [4.69, 9.17) is 4.42 Å². The second-order valence-corrected chi connectivity index (χ2v) is 8.87. The third kappa shape index (κ3) is 4.76. The van der Waals surface area contributed by atoms with Gasteiger partial charge in [-0.1, -0.05) is 12.1 Å². The van der Waals surface area contributed by atoms with Gasteiger partial charge in [0.15, 0.2) is 17.2 Å². The monoisotopic (exact) mass is 558 g/mol. The topological polar surface area (TPSA) is 90.8 Å². The maximum absolute atomic E-state index is 13.9. The number of amides is 1. The van der Waals surface area contributed by atoms with E-state index in [1.54, 1.807) is 42.1 Å². The van der Waals surface area contributed by atoms with Crippen molar-refractivity contribution in [2.24, 2.45) is 0 Å². The quantitative estimate of drug-likeness (QED) is 0.276. The van der Waals surface area contributed by atoms with Gasteiger partial charge in [-0.3, -0.25) is 9.48 Å². The van der Waals surface area contributed by atoms with Gasteiger partial charge < -0.3 is 9.73 Å². The van der Waals surface area contributed by atoms with Crippen LogP contribution in [0.25, 0.3) is 22.5 Å². The minimum atomic E-state index is -2.77. The van der Waals surface area contributed by atoms with Crippen molar-refractivity contribution in [1.29, 1.82) is 0 Å². The fourth-order valence-electron chi connectivity index (χ4n) is 3.87. The van der Waals surface area contributed by atoms with Crippen molar-refractivity contribution in [1.82, 2.24) is 24.5 Å². The number of hydrogen-bond donors (Lipinski definition) is 1. The number of benzene rings is 1. The van der Waals surface area contributed by atoms with Crippen LogP contribution in [0.2, 0.25) is 0 Å². The van der Waals surface area contributed by atoms with Gasteiger partial charge in [-0.05, 0) is 58.7 Å². The van der Waals surface area contributed by atoms with Gasteiger partial charge in [-0.15, -0.1) is 0 Å². The highest BCUT2D eigenvalue weighted by atomic mass is 79.9. The van der Waals surface area contributed by atoms with E-state index in [2.05, 4.69) is 36.4 Å². The largest absolute Gasteiger partial charge is 0.463 e. The number of fused-ring (bicyclic) bond motifs is 1. The second-order valence-electron chi connectivity index (χ2n) is 8.01. The van der Waals surface area contributed by atoms with Crippen LogP contribution in [0.1, 0.15) is 23.2 Å². The SMILES string of the molecule is Cc1nn(CC(=O)Nc2nn(Cc3ccc(F)cc3)cc2Br)c2nc(-c3ccco3)cc(C(F)F)c12. The average molecular weight is 559 g/mol. The Bertz CT molecular complexity index is 1540. The summed E-state index contributed by atoms with van der Waals surface area (Å²) in [5, 5.41) is 11.5. The van der Waals surface area contributed by atoms with E-state index in [-0.39, 0.29) is 40.5 Å². The number of nitrogens with one attached hydrogen (secondary N) is 1. The molecule has 0 aliphatic carbocycles. The molecule has 0 fully saturated rings. The molecule has 4 aromatic heterocycles. The molecule has 5 rings (SSSR count). The minimum absolute atomic E-state index is 0.146. The van der Waals surface area contributed by atoms with Crippen molar-refractivity contribution in [3.63, 3.8) is 0 Å². The number of anilines is 1. The van der Waals surface area contributed by atoms with E-state index in [1.165, 1.54) is 29.1 Å². The van der Waals surface area contributed by atoms with E-state index in [0.717, 1.165) is 5.56 Å². The standard InChI is InChI=1S/C24H18BrF3N6O2/c1-13-21-16(22(27)28)9-18(19-3-2-8-36-19)29-24(21)34(31-13)12-20(35)30-23-17(25)11-33(32-23)10-14-4-6-15(26)7-5-14/h2-9,11,22H,10,12H2,1H3,(H,30,32,35).